The molecule has 3 heterocycles. The molecule has 57 heavy (non-hydrogen) atoms. The van der Waals surface area contributed by atoms with Gasteiger partial charge in [-0.05, 0) is 83.3 Å². The second kappa shape index (κ2) is 15.9. The number of hydrogen-bond donors (Lipinski definition) is 7. The van der Waals surface area contributed by atoms with E-state index in [1.54, 1.807) is 48.5 Å². The monoisotopic (exact) mass is 766 g/mol. The van der Waals surface area contributed by atoms with Gasteiger partial charge in [-0.3, -0.25) is 9.59 Å². The number of ether oxygens (including phenoxy) is 1. The van der Waals surface area contributed by atoms with Crippen LogP contribution in [0.1, 0.15) is 17.0 Å². The van der Waals surface area contributed by atoms with E-state index < -0.39 is 5.43 Å². The zero-order chi connectivity index (χ0) is 40.2. The molecule has 0 radical (unpaired) electrons. The van der Waals surface area contributed by atoms with Crippen molar-refractivity contribution in [2.24, 2.45) is 0 Å². The lowest BCUT2D eigenvalue weighted by Gasteiger charge is -2.25. The van der Waals surface area contributed by atoms with Crippen LogP contribution in [0.2, 0.25) is 0 Å². The Balaban J connectivity index is 0.000000131. The van der Waals surface area contributed by atoms with E-state index in [9.17, 15) is 45.3 Å². The van der Waals surface area contributed by atoms with Crippen molar-refractivity contribution in [3.8, 4) is 68.2 Å². The summed E-state index contributed by atoms with van der Waals surface area (Å²) in [6, 6.07) is 31.6. The van der Waals surface area contributed by atoms with E-state index in [2.05, 4.69) is 0 Å². The summed E-state index contributed by atoms with van der Waals surface area (Å²) in [6.45, 7) is 0.598. The highest BCUT2D eigenvalue weighted by atomic mass is 16.5. The van der Waals surface area contributed by atoms with Crippen molar-refractivity contribution in [1.82, 2.24) is 0 Å². The molecule has 8 aromatic rings. The summed E-state index contributed by atoms with van der Waals surface area (Å²) in [4.78, 5) is 24.7. The maximum atomic E-state index is 12.4. The Hall–Kier alpha value is -7.86. The molecule has 1 unspecified atom stereocenters. The first kappa shape index (κ1) is 37.5. The molecule has 0 fully saturated rings. The van der Waals surface area contributed by atoms with Crippen molar-refractivity contribution in [3.05, 3.63) is 165 Å². The fraction of sp³-hybridized carbons (Fsp3) is 0.0667. The predicted octanol–water partition coefficient (Wildman–Crippen LogP) is 8.26. The number of hydrogen-bond acceptors (Lipinski definition) is 12. The molecular weight excluding hydrogens is 732 g/mol. The number of aromatic hydroxyl groups is 7. The van der Waals surface area contributed by atoms with Crippen LogP contribution in [0, 0.1) is 0 Å². The zero-order valence-electron chi connectivity index (χ0n) is 29.9. The van der Waals surface area contributed by atoms with Crippen molar-refractivity contribution in [1.29, 1.82) is 0 Å². The molecule has 6 aromatic carbocycles. The SMILES string of the molecule is O=c1c(-c2ccc(O)cc2)coc2cc(O)cc(O)c12.O=c1c(-c2ccc(O)cc2)coc2cc(O)ccc12.Oc1ccc(C2COc3cc(O)ccc3C2)cc1. The third-order valence-corrected chi connectivity index (χ3v) is 9.28. The second-order valence-electron chi connectivity index (χ2n) is 13.2. The lowest BCUT2D eigenvalue weighted by Crippen LogP contribution is -2.18. The number of phenolic OH excluding ortho intramolecular Hbond substituents is 7. The van der Waals surface area contributed by atoms with Crippen molar-refractivity contribution in [2.75, 3.05) is 6.61 Å². The van der Waals surface area contributed by atoms with E-state index in [4.69, 9.17) is 13.6 Å². The minimum Gasteiger partial charge on any atom is -0.508 e. The summed E-state index contributed by atoms with van der Waals surface area (Å²) >= 11 is 0. The van der Waals surface area contributed by atoms with Crippen molar-refractivity contribution in [2.45, 2.75) is 12.3 Å². The smallest absolute Gasteiger partial charge is 0.204 e. The van der Waals surface area contributed by atoms with Crippen molar-refractivity contribution in [3.63, 3.8) is 0 Å². The van der Waals surface area contributed by atoms with E-state index in [-0.39, 0.29) is 62.2 Å². The molecule has 0 bridgehead atoms. The summed E-state index contributed by atoms with van der Waals surface area (Å²) in [5.74, 6) is 1.33. The van der Waals surface area contributed by atoms with E-state index in [0.29, 0.717) is 40.2 Å². The highest BCUT2D eigenvalue weighted by molar-refractivity contribution is 5.88. The van der Waals surface area contributed by atoms with Crippen LogP contribution in [-0.2, 0) is 6.42 Å². The highest BCUT2D eigenvalue weighted by Crippen LogP contribution is 2.35. The van der Waals surface area contributed by atoms with Gasteiger partial charge < -0.3 is 49.3 Å². The van der Waals surface area contributed by atoms with Crippen molar-refractivity contribution >= 4 is 21.9 Å². The quantitative estimate of drug-likeness (QED) is 0.0906. The molecule has 0 saturated carbocycles. The molecule has 0 spiro atoms. The molecule has 0 aliphatic carbocycles. The number of rotatable bonds is 3. The van der Waals surface area contributed by atoms with E-state index in [1.807, 2.05) is 18.2 Å². The number of fused-ring (bicyclic) bond motifs is 3. The summed E-state index contributed by atoms with van der Waals surface area (Å²) in [5, 5.41) is 66.1. The standard InChI is InChI=1S/C15H10O5.C15H10O4.C15H14O3/c16-9-3-1-8(2-4-9)11-7-20-13-6-10(17)5-12(18)14(13)15(11)19;16-10-3-1-9(2-4-10)13-8-19-14-7-11(17)5-6-12(14)15(13)18;16-13-4-1-10(2-5-13)12-7-11-3-6-14(17)8-15(11)18-9-12/h1-7,16-18H;1-8,16-17H;1-6,8,12,16-17H,7,9H2. The largest absolute Gasteiger partial charge is 0.508 e. The average Bonchev–Trinajstić information content (AvgIpc) is 3.19. The van der Waals surface area contributed by atoms with Crippen LogP contribution in [0.5, 0.6) is 46.0 Å². The van der Waals surface area contributed by atoms with Gasteiger partial charge in [0.2, 0.25) is 5.43 Å². The predicted molar refractivity (Wildman–Crippen MR) is 212 cm³/mol. The Labute approximate surface area is 323 Å². The fourth-order valence-electron chi connectivity index (χ4n) is 6.34. The maximum absolute atomic E-state index is 12.4. The van der Waals surface area contributed by atoms with Gasteiger partial charge in [0.25, 0.3) is 0 Å². The molecule has 2 aromatic heterocycles. The zero-order valence-corrected chi connectivity index (χ0v) is 29.9. The number of benzene rings is 6. The fourth-order valence-corrected chi connectivity index (χ4v) is 6.34. The molecule has 1 atom stereocenters. The van der Waals surface area contributed by atoms with E-state index >= 15 is 0 Å². The Morgan fingerprint density at radius 3 is 1.63 bits per heavy atom. The van der Waals surface area contributed by atoms with Gasteiger partial charge in [-0.15, -0.1) is 0 Å². The Morgan fingerprint density at radius 1 is 0.491 bits per heavy atom. The molecule has 12 heteroatoms. The van der Waals surface area contributed by atoms with Crippen LogP contribution in [-0.4, -0.2) is 42.4 Å². The topological polar surface area (TPSA) is 211 Å². The van der Waals surface area contributed by atoms with Crippen LogP contribution in [0.25, 0.3) is 44.2 Å². The molecule has 0 saturated heterocycles. The van der Waals surface area contributed by atoms with Crippen molar-refractivity contribution < 1.29 is 49.3 Å². The molecule has 1 aliphatic heterocycles. The normalized spacial score (nSPS) is 13.0. The van der Waals surface area contributed by atoms with Gasteiger partial charge in [0.15, 0.2) is 5.43 Å². The summed E-state index contributed by atoms with van der Waals surface area (Å²) < 4.78 is 16.3. The van der Waals surface area contributed by atoms with Crippen LogP contribution < -0.4 is 15.6 Å². The molecule has 9 rings (SSSR count). The van der Waals surface area contributed by atoms with Crippen LogP contribution in [0.4, 0.5) is 0 Å². The highest BCUT2D eigenvalue weighted by Gasteiger charge is 2.22. The Morgan fingerprint density at radius 2 is 1.00 bits per heavy atom. The molecular formula is C45H34O12. The Kier molecular flexibility index (Phi) is 10.4. The Bertz CT molecular complexity index is 2820. The molecule has 0 amide bonds. The van der Waals surface area contributed by atoms with Gasteiger partial charge in [-0.2, -0.15) is 0 Å². The van der Waals surface area contributed by atoms with Crippen LogP contribution in [0.3, 0.4) is 0 Å². The molecule has 286 valence electrons. The van der Waals surface area contributed by atoms with Gasteiger partial charge in [-0.1, -0.05) is 42.5 Å². The van der Waals surface area contributed by atoms with E-state index in [0.717, 1.165) is 29.4 Å². The first-order valence-electron chi connectivity index (χ1n) is 17.5. The van der Waals surface area contributed by atoms with Crippen LogP contribution >= 0.6 is 0 Å². The lowest BCUT2D eigenvalue weighted by molar-refractivity contribution is 0.261. The maximum Gasteiger partial charge on any atom is 0.204 e. The molecule has 12 nitrogen and oxygen atoms in total. The van der Waals surface area contributed by atoms with Gasteiger partial charge in [0.05, 0.1) is 23.1 Å². The summed E-state index contributed by atoms with van der Waals surface area (Å²) in [5.41, 5.74) is 4.04. The lowest BCUT2D eigenvalue weighted by atomic mass is 9.90. The third kappa shape index (κ3) is 8.30. The second-order valence-corrected chi connectivity index (χ2v) is 13.2. The third-order valence-electron chi connectivity index (χ3n) is 9.28. The minimum absolute atomic E-state index is 0.00775. The van der Waals surface area contributed by atoms with Gasteiger partial charge >= 0.3 is 0 Å². The van der Waals surface area contributed by atoms with E-state index in [1.165, 1.54) is 61.1 Å². The molecule has 7 N–H and O–H groups in total. The van der Waals surface area contributed by atoms with Gasteiger partial charge in [0.1, 0.15) is 75.1 Å². The van der Waals surface area contributed by atoms with Gasteiger partial charge in [0, 0.05) is 30.2 Å². The minimum atomic E-state index is -0.408. The summed E-state index contributed by atoms with van der Waals surface area (Å²) in [6.07, 6.45) is 3.51. The summed E-state index contributed by atoms with van der Waals surface area (Å²) in [7, 11) is 0. The molecule has 1 aliphatic rings. The number of phenols is 7. The first-order chi connectivity index (χ1) is 27.4. The average molecular weight is 767 g/mol. The van der Waals surface area contributed by atoms with Gasteiger partial charge in [-0.25, -0.2) is 0 Å². The van der Waals surface area contributed by atoms with Crippen LogP contribution in [0.15, 0.2) is 152 Å². The first-order valence-corrected chi connectivity index (χ1v) is 17.5.